The summed E-state index contributed by atoms with van der Waals surface area (Å²) >= 11 is 0. The van der Waals surface area contributed by atoms with Crippen molar-refractivity contribution in [3.8, 4) is 0 Å². The molecule has 0 radical (unpaired) electrons. The number of aromatic amines is 1. The van der Waals surface area contributed by atoms with Gasteiger partial charge in [0.1, 0.15) is 16.0 Å². The molecule has 0 saturated carbocycles. The van der Waals surface area contributed by atoms with Crippen molar-refractivity contribution < 1.29 is 40.7 Å². The van der Waals surface area contributed by atoms with E-state index in [1.807, 2.05) is 13.8 Å². The third kappa shape index (κ3) is 11.0. The van der Waals surface area contributed by atoms with Crippen LogP contribution in [0.3, 0.4) is 0 Å². The van der Waals surface area contributed by atoms with Crippen LogP contribution in [0.5, 0.6) is 0 Å². The molecular formula is C18H20F3N5O5S. The van der Waals surface area contributed by atoms with Gasteiger partial charge in [-0.1, -0.05) is 0 Å². The highest BCUT2D eigenvalue weighted by Gasteiger charge is 2.29. The number of halogens is 3. The molecule has 0 unspecified atom stereocenters. The standard InChI is InChI=1S/C9H9F3N2O4S.C9H11N3O/c10-9(11,12)6-1-3-7(4-2-6)14-8(15)13-5-19(16,17)18;1-7(2)11-12-9(13)8-3-5-10-6-4-8/h1-4H,5H2,(H2,13,14,15)(H,16,17,18);3-6H,1-2H3,(H,12,13). The largest absolute Gasteiger partial charge is 0.747 e. The van der Waals surface area contributed by atoms with Crippen molar-refractivity contribution >= 4 is 33.5 Å². The van der Waals surface area contributed by atoms with Gasteiger partial charge in [-0.3, -0.25) is 4.79 Å². The lowest BCUT2D eigenvalue weighted by molar-refractivity contribution is -0.378. The van der Waals surface area contributed by atoms with Gasteiger partial charge >= 0.3 is 12.2 Å². The molecule has 174 valence electrons. The number of aromatic nitrogens is 1. The Morgan fingerprint density at radius 1 is 1.06 bits per heavy atom. The highest BCUT2D eigenvalue weighted by Crippen LogP contribution is 2.29. The Kier molecular flexibility index (Phi) is 9.74. The van der Waals surface area contributed by atoms with E-state index in [1.165, 1.54) is 0 Å². The molecule has 0 atom stereocenters. The Balaban J connectivity index is 0.000000343. The first-order valence-corrected chi connectivity index (χ1v) is 10.3. The first-order chi connectivity index (χ1) is 14.8. The summed E-state index contributed by atoms with van der Waals surface area (Å²) in [4.78, 5) is 25.2. The highest BCUT2D eigenvalue weighted by atomic mass is 32.2. The molecule has 3 amide bonds. The molecule has 14 heteroatoms. The van der Waals surface area contributed by atoms with Crippen molar-refractivity contribution in [2.75, 3.05) is 11.2 Å². The fourth-order valence-corrected chi connectivity index (χ4v) is 2.15. The number of carbonyl (C=O) groups is 2. The van der Waals surface area contributed by atoms with Gasteiger partial charge in [-0.2, -0.15) is 18.3 Å². The van der Waals surface area contributed by atoms with E-state index >= 15 is 0 Å². The number of hydrazone groups is 1. The van der Waals surface area contributed by atoms with Crippen LogP contribution >= 0.6 is 0 Å². The molecule has 0 bridgehead atoms. The minimum absolute atomic E-state index is 0.0220. The molecule has 0 fully saturated rings. The molecule has 2 rings (SSSR count). The SMILES string of the molecule is CC(C)=NNC(=O)c1cc[nH+]cc1.O=C(NCS(=O)(=O)[O-])Nc1ccc(C(F)(F)F)cc1. The third-order valence-corrected chi connectivity index (χ3v) is 3.74. The lowest BCUT2D eigenvalue weighted by atomic mass is 10.2. The molecule has 0 saturated heterocycles. The molecule has 0 aliphatic carbocycles. The van der Waals surface area contributed by atoms with E-state index < -0.39 is 33.8 Å². The van der Waals surface area contributed by atoms with Crippen LogP contribution < -0.4 is 21.0 Å². The van der Waals surface area contributed by atoms with E-state index in [0.29, 0.717) is 5.56 Å². The first-order valence-electron chi connectivity index (χ1n) is 8.71. The second-order valence-electron chi connectivity index (χ2n) is 6.20. The predicted molar refractivity (Wildman–Crippen MR) is 107 cm³/mol. The molecule has 1 aromatic carbocycles. The number of anilines is 1. The van der Waals surface area contributed by atoms with Crippen molar-refractivity contribution in [2.45, 2.75) is 20.0 Å². The van der Waals surface area contributed by atoms with Gasteiger partial charge in [0.2, 0.25) is 0 Å². The minimum Gasteiger partial charge on any atom is -0.747 e. The van der Waals surface area contributed by atoms with Crippen molar-refractivity contribution in [1.82, 2.24) is 10.7 Å². The third-order valence-electron chi connectivity index (χ3n) is 3.24. The van der Waals surface area contributed by atoms with E-state index in [1.54, 1.807) is 29.8 Å². The number of H-pyrrole nitrogens is 1. The van der Waals surface area contributed by atoms with Crippen LogP contribution in [-0.4, -0.2) is 36.5 Å². The van der Waals surface area contributed by atoms with E-state index in [9.17, 15) is 35.7 Å². The summed E-state index contributed by atoms with van der Waals surface area (Å²) in [7, 11) is -4.61. The molecule has 2 aromatic rings. The van der Waals surface area contributed by atoms with Gasteiger partial charge in [0.25, 0.3) is 5.91 Å². The van der Waals surface area contributed by atoms with Gasteiger partial charge in [0.15, 0.2) is 12.4 Å². The first kappa shape index (κ1) is 26.5. The zero-order valence-corrected chi connectivity index (χ0v) is 17.7. The maximum atomic E-state index is 12.2. The number of benzene rings is 1. The van der Waals surface area contributed by atoms with Crippen molar-refractivity contribution in [2.24, 2.45) is 5.10 Å². The summed E-state index contributed by atoms with van der Waals surface area (Å²) < 4.78 is 67.4. The van der Waals surface area contributed by atoms with Gasteiger partial charge < -0.3 is 15.2 Å². The fraction of sp³-hybridized carbons (Fsp3) is 0.222. The zero-order valence-electron chi connectivity index (χ0n) is 16.9. The molecule has 32 heavy (non-hydrogen) atoms. The number of hydrogen-bond donors (Lipinski definition) is 3. The molecule has 10 nitrogen and oxygen atoms in total. The Bertz CT molecular complexity index is 1040. The average Bonchev–Trinajstić information content (AvgIpc) is 2.71. The smallest absolute Gasteiger partial charge is 0.416 e. The predicted octanol–water partition coefficient (Wildman–Crippen LogP) is 1.96. The van der Waals surface area contributed by atoms with E-state index in [0.717, 1.165) is 30.0 Å². The van der Waals surface area contributed by atoms with Crippen molar-refractivity contribution in [1.29, 1.82) is 0 Å². The summed E-state index contributed by atoms with van der Waals surface area (Å²) in [5.41, 5.74) is 2.97. The van der Waals surface area contributed by atoms with Crippen LogP contribution in [-0.2, 0) is 16.3 Å². The normalized spacial score (nSPS) is 10.8. The Morgan fingerprint density at radius 2 is 1.62 bits per heavy atom. The van der Waals surface area contributed by atoms with Crippen molar-refractivity contribution in [3.05, 3.63) is 59.9 Å². The number of nitrogens with one attached hydrogen (secondary N) is 4. The highest BCUT2D eigenvalue weighted by molar-refractivity contribution is 7.85. The number of urea groups is 1. The lowest BCUT2D eigenvalue weighted by Gasteiger charge is -2.11. The van der Waals surface area contributed by atoms with E-state index in [4.69, 9.17) is 0 Å². The fourth-order valence-electron chi connectivity index (χ4n) is 1.84. The topological polar surface area (TPSA) is 154 Å². The number of nitrogens with zero attached hydrogens (tertiary/aromatic N) is 1. The molecule has 1 heterocycles. The number of carbonyl (C=O) groups excluding carboxylic acids is 2. The number of alkyl halides is 3. The number of rotatable bonds is 5. The van der Waals surface area contributed by atoms with Gasteiger partial charge in [0.05, 0.1) is 11.1 Å². The quantitative estimate of drug-likeness (QED) is 0.343. The number of amides is 3. The average molecular weight is 475 g/mol. The van der Waals surface area contributed by atoms with Gasteiger partial charge in [-0.15, -0.1) is 0 Å². The maximum absolute atomic E-state index is 12.2. The van der Waals surface area contributed by atoms with Gasteiger partial charge in [-0.05, 0) is 38.1 Å². The van der Waals surface area contributed by atoms with Crippen LogP contribution in [0.25, 0.3) is 0 Å². The van der Waals surface area contributed by atoms with Gasteiger partial charge in [-0.25, -0.2) is 23.6 Å². The Labute approximate surface area is 181 Å². The van der Waals surface area contributed by atoms with Gasteiger partial charge in [0, 0.05) is 23.5 Å². The second-order valence-corrected chi connectivity index (χ2v) is 7.60. The summed E-state index contributed by atoms with van der Waals surface area (Å²) in [6.45, 7) is 3.64. The molecular weight excluding hydrogens is 455 g/mol. The summed E-state index contributed by atoms with van der Waals surface area (Å²) in [6.07, 6.45) is -1.10. The zero-order chi connectivity index (χ0) is 24.4. The van der Waals surface area contributed by atoms with E-state index in [-0.39, 0.29) is 11.6 Å². The minimum atomic E-state index is -4.61. The summed E-state index contributed by atoms with van der Waals surface area (Å²) in [5, 5.41) is 7.62. The molecule has 4 N–H and O–H groups in total. The maximum Gasteiger partial charge on any atom is 0.416 e. The molecule has 1 aromatic heterocycles. The molecule has 0 aliphatic rings. The summed E-state index contributed by atoms with van der Waals surface area (Å²) in [6, 6.07) is 5.85. The molecule has 0 spiro atoms. The van der Waals surface area contributed by atoms with Crippen LogP contribution in [0.2, 0.25) is 0 Å². The summed E-state index contributed by atoms with van der Waals surface area (Å²) in [5.74, 6) is -1.31. The lowest BCUT2D eigenvalue weighted by Crippen LogP contribution is -2.33. The number of hydrogen-bond acceptors (Lipinski definition) is 6. The second kappa shape index (κ2) is 11.8. The Morgan fingerprint density at radius 3 is 2.09 bits per heavy atom. The van der Waals surface area contributed by atoms with Crippen LogP contribution in [0.15, 0.2) is 53.9 Å². The monoisotopic (exact) mass is 475 g/mol. The Hall–Kier alpha value is -3.52. The van der Waals surface area contributed by atoms with Crippen molar-refractivity contribution in [3.63, 3.8) is 0 Å². The van der Waals surface area contributed by atoms with Crippen LogP contribution in [0.1, 0.15) is 29.8 Å². The molecule has 0 aliphatic heterocycles. The van der Waals surface area contributed by atoms with Crippen LogP contribution in [0, 0.1) is 0 Å². The van der Waals surface area contributed by atoms with E-state index in [2.05, 4.69) is 20.8 Å². The number of pyridine rings is 1. The van der Waals surface area contributed by atoms with Crippen LogP contribution in [0.4, 0.5) is 23.7 Å².